The predicted molar refractivity (Wildman–Crippen MR) is 128 cm³/mol. The number of hydrogen-bond donors (Lipinski definition) is 6. The molecule has 0 saturated heterocycles. The Balaban J connectivity index is 1.96. The minimum atomic E-state index is -2.87. The zero-order valence-electron chi connectivity index (χ0n) is 18.6. The Morgan fingerprint density at radius 3 is 2.54 bits per heavy atom. The SMILES string of the molecule is CCOC(=S)Sc1ccc(O)c2c1[C@H](C)[C@@H]1C(=C2O)C(=O)[C@]2(O)C(O)=C(C(N)=O)C(=O)C[C@@H]2[C@@H]1O. The molecule has 0 radical (unpaired) electrons. The fourth-order valence-electron chi connectivity index (χ4n) is 5.36. The van der Waals surface area contributed by atoms with Crippen molar-refractivity contribution in [1.82, 2.24) is 0 Å². The number of ether oxygens (including phenoxy) is 1. The molecule has 10 nitrogen and oxygen atoms in total. The highest BCUT2D eigenvalue weighted by atomic mass is 32.2. The molecule has 0 unspecified atom stereocenters. The highest BCUT2D eigenvalue weighted by molar-refractivity contribution is 8.22. The van der Waals surface area contributed by atoms with Gasteiger partial charge in [0.1, 0.15) is 22.8 Å². The zero-order valence-corrected chi connectivity index (χ0v) is 20.3. The van der Waals surface area contributed by atoms with E-state index in [2.05, 4.69) is 0 Å². The standard InChI is InChI=1S/C23H23NO9S2/c1-3-33-22(34)35-11-5-4-9(25)14-12(11)7(2)13-16(18(14)28)20(30)23(32)8(17(13)27)6-10(26)15(19(23)29)21(24)31/h4-5,7-8,13,17,25,27-29,32H,3,6H2,1-2H3,(H2,24,31)/t7-,8+,13+,17-,23+/m0/s1. The average molecular weight is 522 g/mol. The van der Waals surface area contributed by atoms with Crippen LogP contribution in [0.5, 0.6) is 5.75 Å². The van der Waals surface area contributed by atoms with E-state index in [9.17, 15) is 39.9 Å². The largest absolute Gasteiger partial charge is 0.508 e. The second kappa shape index (κ2) is 8.63. The maximum Gasteiger partial charge on any atom is 0.255 e. The van der Waals surface area contributed by atoms with E-state index >= 15 is 0 Å². The van der Waals surface area contributed by atoms with E-state index < -0.39 is 76.0 Å². The number of aliphatic hydroxyl groups is 4. The van der Waals surface area contributed by atoms with E-state index in [0.717, 1.165) is 11.8 Å². The maximum atomic E-state index is 13.6. The summed E-state index contributed by atoms with van der Waals surface area (Å²) in [7, 11) is 0. The second-order valence-corrected chi connectivity index (χ2v) is 10.3. The number of Topliss-reactive ketones (excluding diaryl/α,β-unsaturated/α-hetero) is 2. The average Bonchev–Trinajstić information content (AvgIpc) is 2.77. The Bertz CT molecular complexity index is 1250. The van der Waals surface area contributed by atoms with E-state index in [1.165, 1.54) is 6.07 Å². The van der Waals surface area contributed by atoms with Crippen molar-refractivity contribution < 1.29 is 44.7 Å². The van der Waals surface area contributed by atoms with Crippen LogP contribution in [0.2, 0.25) is 0 Å². The zero-order chi connectivity index (χ0) is 26.0. The molecule has 3 aliphatic carbocycles. The monoisotopic (exact) mass is 521 g/mol. The van der Waals surface area contributed by atoms with Gasteiger partial charge in [0.2, 0.25) is 10.2 Å². The number of phenolic OH excluding ortho intramolecular Hbond substituents is 1. The summed E-state index contributed by atoms with van der Waals surface area (Å²) in [5.41, 5.74) is 1.22. The number of nitrogens with two attached hydrogens (primary N) is 1. The molecule has 0 aromatic heterocycles. The van der Waals surface area contributed by atoms with Gasteiger partial charge in [-0.2, -0.15) is 0 Å². The number of fused-ring (bicyclic) bond motifs is 3. The fraction of sp³-hybridized carbons (Fsp3) is 0.391. The van der Waals surface area contributed by atoms with Crippen LogP contribution < -0.4 is 5.73 Å². The summed E-state index contributed by atoms with van der Waals surface area (Å²) in [5, 5.41) is 55.0. The van der Waals surface area contributed by atoms with E-state index in [-0.39, 0.29) is 15.7 Å². The van der Waals surface area contributed by atoms with Crippen molar-refractivity contribution in [1.29, 1.82) is 0 Å². The number of ketones is 2. The number of thioether (sulfide) groups is 1. The molecule has 5 atom stereocenters. The molecule has 1 saturated carbocycles. The topological polar surface area (TPSA) is 188 Å². The van der Waals surface area contributed by atoms with E-state index in [4.69, 9.17) is 22.7 Å². The molecule has 1 fully saturated rings. The minimum absolute atomic E-state index is 0.0962. The number of carbonyl (C=O) groups is 3. The lowest BCUT2D eigenvalue weighted by Crippen LogP contribution is -2.63. The lowest BCUT2D eigenvalue weighted by molar-refractivity contribution is -0.160. The first-order valence-electron chi connectivity index (χ1n) is 10.7. The molecule has 0 bridgehead atoms. The number of benzene rings is 1. The van der Waals surface area contributed by atoms with Crippen LogP contribution in [-0.4, -0.2) is 65.7 Å². The summed E-state index contributed by atoms with van der Waals surface area (Å²) >= 11 is 6.27. The summed E-state index contributed by atoms with van der Waals surface area (Å²) in [6.45, 7) is 3.73. The van der Waals surface area contributed by atoms with E-state index in [1.807, 2.05) is 0 Å². The molecule has 0 aliphatic heterocycles. The summed E-state index contributed by atoms with van der Waals surface area (Å²) < 4.78 is 5.51. The van der Waals surface area contributed by atoms with Crippen LogP contribution in [0.1, 0.15) is 37.3 Å². The molecule has 1 amide bonds. The summed E-state index contributed by atoms with van der Waals surface area (Å²) in [6.07, 6.45) is -2.23. The molecule has 12 heteroatoms. The first kappa shape index (κ1) is 25.2. The van der Waals surface area contributed by atoms with Crippen LogP contribution in [0.25, 0.3) is 5.76 Å². The normalized spacial score (nSPS) is 29.9. The first-order valence-corrected chi connectivity index (χ1v) is 12.0. The van der Waals surface area contributed by atoms with Crippen molar-refractivity contribution in [3.05, 3.63) is 40.2 Å². The predicted octanol–water partition coefficient (Wildman–Crippen LogP) is 1.37. The molecule has 1 aromatic rings. The highest BCUT2D eigenvalue weighted by Crippen LogP contribution is 2.57. The van der Waals surface area contributed by atoms with Gasteiger partial charge in [0.05, 0.1) is 18.3 Å². The molecule has 0 spiro atoms. The molecule has 3 aliphatic rings. The van der Waals surface area contributed by atoms with E-state index in [0.29, 0.717) is 17.1 Å². The van der Waals surface area contributed by atoms with Gasteiger partial charge in [-0.15, -0.1) is 0 Å². The van der Waals surface area contributed by atoms with Crippen LogP contribution in [0.4, 0.5) is 0 Å². The van der Waals surface area contributed by atoms with Crippen molar-refractivity contribution in [2.75, 3.05) is 6.61 Å². The third kappa shape index (κ3) is 3.46. The molecule has 1 aromatic carbocycles. The van der Waals surface area contributed by atoms with Gasteiger partial charge in [0.25, 0.3) is 5.91 Å². The second-order valence-electron chi connectivity index (χ2n) is 8.64. The molecule has 0 heterocycles. The quantitative estimate of drug-likeness (QED) is 0.191. The third-order valence-corrected chi connectivity index (χ3v) is 8.12. The fourth-order valence-corrected chi connectivity index (χ4v) is 6.64. The van der Waals surface area contributed by atoms with Gasteiger partial charge in [-0.25, -0.2) is 0 Å². The van der Waals surface area contributed by atoms with Gasteiger partial charge in [-0.1, -0.05) is 6.92 Å². The van der Waals surface area contributed by atoms with Gasteiger partial charge in [0, 0.05) is 28.7 Å². The van der Waals surface area contributed by atoms with Crippen molar-refractivity contribution in [2.24, 2.45) is 17.6 Å². The molecule has 35 heavy (non-hydrogen) atoms. The Hall–Kier alpha value is -2.93. The lowest BCUT2D eigenvalue weighted by Gasteiger charge is -2.50. The number of carbonyl (C=O) groups excluding carboxylic acids is 3. The van der Waals surface area contributed by atoms with Crippen LogP contribution in [0.3, 0.4) is 0 Å². The van der Waals surface area contributed by atoms with Crippen molar-refractivity contribution in [2.45, 2.75) is 42.8 Å². The summed E-state index contributed by atoms with van der Waals surface area (Å²) in [5.74, 6) is -9.12. The maximum absolute atomic E-state index is 13.6. The van der Waals surface area contributed by atoms with Crippen molar-refractivity contribution >= 4 is 51.6 Å². The summed E-state index contributed by atoms with van der Waals surface area (Å²) in [6, 6.07) is 2.85. The molecule has 186 valence electrons. The van der Waals surface area contributed by atoms with Gasteiger partial charge in [-0.05, 0) is 54.5 Å². The van der Waals surface area contributed by atoms with Crippen LogP contribution in [0, 0.1) is 11.8 Å². The Morgan fingerprint density at radius 1 is 1.29 bits per heavy atom. The lowest BCUT2D eigenvalue weighted by atomic mass is 9.55. The molecular formula is C23H23NO9S2. The molecular weight excluding hydrogens is 498 g/mol. The van der Waals surface area contributed by atoms with Gasteiger partial charge >= 0.3 is 0 Å². The number of amides is 1. The number of primary amides is 1. The van der Waals surface area contributed by atoms with Crippen molar-refractivity contribution in [3.63, 3.8) is 0 Å². The number of rotatable bonds is 3. The number of aromatic hydroxyl groups is 1. The Kier molecular flexibility index (Phi) is 6.20. The summed E-state index contributed by atoms with van der Waals surface area (Å²) in [4.78, 5) is 38.4. The van der Waals surface area contributed by atoms with Crippen LogP contribution in [-0.2, 0) is 19.1 Å². The number of aliphatic hydroxyl groups excluding tert-OH is 3. The first-order chi connectivity index (χ1) is 16.4. The number of thiocarbonyl (C=S) groups is 1. The van der Waals surface area contributed by atoms with Crippen LogP contribution >= 0.6 is 24.0 Å². The van der Waals surface area contributed by atoms with Crippen LogP contribution in [0.15, 0.2) is 33.9 Å². The van der Waals surface area contributed by atoms with E-state index in [1.54, 1.807) is 19.9 Å². The smallest absolute Gasteiger partial charge is 0.255 e. The highest BCUT2D eigenvalue weighted by Gasteiger charge is 2.65. The minimum Gasteiger partial charge on any atom is -0.508 e. The van der Waals surface area contributed by atoms with Gasteiger partial charge in [-0.3, -0.25) is 14.4 Å². The van der Waals surface area contributed by atoms with Crippen molar-refractivity contribution in [3.8, 4) is 5.75 Å². The third-order valence-electron chi connectivity index (χ3n) is 6.89. The van der Waals surface area contributed by atoms with Gasteiger partial charge in [0.15, 0.2) is 11.4 Å². The Morgan fingerprint density at radius 2 is 1.94 bits per heavy atom. The molecule has 4 rings (SSSR count). The van der Waals surface area contributed by atoms with Gasteiger partial charge < -0.3 is 36.0 Å². The Labute approximate surface area is 209 Å². The number of hydrogen-bond acceptors (Lipinski definition) is 11. The number of phenols is 1. The molecule has 7 N–H and O–H groups in total.